The Morgan fingerprint density at radius 1 is 1.12 bits per heavy atom. The molecule has 0 fully saturated rings. The van der Waals surface area contributed by atoms with Crippen LogP contribution in [0, 0.1) is 0 Å². The van der Waals surface area contributed by atoms with Crippen LogP contribution in [0.2, 0.25) is 0 Å². The number of nitrogens with one attached hydrogen (secondary N) is 1. The zero-order chi connectivity index (χ0) is 17.6. The lowest BCUT2D eigenvalue weighted by Crippen LogP contribution is -2.10. The van der Waals surface area contributed by atoms with Gasteiger partial charge in [0, 0.05) is 34.9 Å². The summed E-state index contributed by atoms with van der Waals surface area (Å²) in [5, 5.41) is 3.05. The van der Waals surface area contributed by atoms with Crippen LogP contribution in [0.4, 0.5) is 19.1 Å². The van der Waals surface area contributed by atoms with Gasteiger partial charge in [-0.2, -0.15) is 13.2 Å². The van der Waals surface area contributed by atoms with Crippen molar-refractivity contribution >= 4 is 28.3 Å². The maximum Gasteiger partial charge on any atom is 0.419 e. The molecule has 0 saturated heterocycles. The average molecular weight is 362 g/mol. The van der Waals surface area contributed by atoms with Gasteiger partial charge in [-0.25, -0.2) is 19.9 Å². The van der Waals surface area contributed by atoms with E-state index in [0.717, 1.165) is 5.01 Å². The Morgan fingerprint density at radius 2 is 1.96 bits per heavy atom. The summed E-state index contributed by atoms with van der Waals surface area (Å²) in [6.45, 7) is 0. The van der Waals surface area contributed by atoms with Gasteiger partial charge in [-0.1, -0.05) is 0 Å². The minimum absolute atomic E-state index is 0.232. The molecule has 0 saturated carbocycles. The molecule has 0 bridgehead atoms. The lowest BCUT2D eigenvalue weighted by atomic mass is 10.1. The number of anilines is 1. The summed E-state index contributed by atoms with van der Waals surface area (Å²) < 4.78 is 39.8. The number of rotatable bonds is 2. The molecule has 0 aliphatic rings. The van der Waals surface area contributed by atoms with Crippen LogP contribution in [-0.4, -0.2) is 24.9 Å². The fraction of sp³-hybridized carbons (Fsp3) is 0.0667. The highest BCUT2D eigenvalue weighted by molar-refractivity contribution is 7.13. The number of aromatic amines is 1. The van der Waals surface area contributed by atoms with Crippen LogP contribution in [0.25, 0.3) is 33.0 Å². The van der Waals surface area contributed by atoms with Gasteiger partial charge >= 0.3 is 6.18 Å². The second kappa shape index (κ2) is 5.52. The summed E-state index contributed by atoms with van der Waals surface area (Å²) in [6, 6.07) is 3.39. The van der Waals surface area contributed by atoms with E-state index in [1.54, 1.807) is 18.3 Å². The number of thiazole rings is 1. The fourth-order valence-corrected chi connectivity index (χ4v) is 3.08. The third-order valence-corrected chi connectivity index (χ3v) is 4.35. The Balaban J connectivity index is 1.90. The minimum Gasteiger partial charge on any atom is -0.368 e. The SMILES string of the molecule is Nc1ncc(C(F)(F)F)c(-c2c[nH]c3nc(-c4nccs4)ccc23)n1. The van der Waals surface area contributed by atoms with Crippen molar-refractivity contribution in [3.8, 4) is 22.0 Å². The summed E-state index contributed by atoms with van der Waals surface area (Å²) in [7, 11) is 0. The predicted octanol–water partition coefficient (Wildman–Crippen LogP) is 3.74. The number of nitrogen functional groups attached to an aromatic ring is 1. The summed E-state index contributed by atoms with van der Waals surface area (Å²) in [5.74, 6) is -0.232. The molecule has 0 amide bonds. The van der Waals surface area contributed by atoms with Gasteiger partial charge in [0.1, 0.15) is 21.9 Å². The number of H-pyrrole nitrogens is 1. The molecule has 4 heterocycles. The van der Waals surface area contributed by atoms with Gasteiger partial charge < -0.3 is 10.7 Å². The average Bonchev–Trinajstić information content (AvgIpc) is 3.22. The molecule has 0 aliphatic carbocycles. The largest absolute Gasteiger partial charge is 0.419 e. The van der Waals surface area contributed by atoms with Crippen molar-refractivity contribution in [3.63, 3.8) is 0 Å². The zero-order valence-corrected chi connectivity index (χ0v) is 13.2. The highest BCUT2D eigenvalue weighted by Gasteiger charge is 2.36. The van der Waals surface area contributed by atoms with Crippen molar-refractivity contribution in [1.82, 2.24) is 24.9 Å². The van der Waals surface area contributed by atoms with E-state index >= 15 is 0 Å². The molecule has 4 aromatic rings. The third-order valence-electron chi connectivity index (χ3n) is 3.56. The number of nitrogens with two attached hydrogens (primary N) is 1. The van der Waals surface area contributed by atoms with Gasteiger partial charge in [0.2, 0.25) is 5.95 Å². The molecular formula is C15H9F3N6S. The predicted molar refractivity (Wildman–Crippen MR) is 87.6 cm³/mol. The van der Waals surface area contributed by atoms with E-state index in [0.29, 0.717) is 22.9 Å². The standard InChI is InChI=1S/C15H9F3N6S/c16-15(17,18)9-6-22-14(19)24-11(9)8-5-21-12-7(8)1-2-10(23-12)13-20-3-4-25-13/h1-6H,(H,21,23)(H2,19,22,24). The van der Waals surface area contributed by atoms with Gasteiger partial charge in [0.25, 0.3) is 0 Å². The Hall–Kier alpha value is -3.01. The molecule has 0 atom stereocenters. The van der Waals surface area contributed by atoms with Gasteiger partial charge in [-0.05, 0) is 12.1 Å². The number of halogens is 3. The lowest BCUT2D eigenvalue weighted by Gasteiger charge is -2.11. The van der Waals surface area contributed by atoms with Crippen molar-refractivity contribution in [3.05, 3.63) is 41.7 Å². The minimum atomic E-state index is -4.60. The summed E-state index contributed by atoms with van der Waals surface area (Å²) >= 11 is 1.42. The Bertz CT molecular complexity index is 1060. The number of fused-ring (bicyclic) bond motifs is 1. The second-order valence-electron chi connectivity index (χ2n) is 5.12. The molecule has 25 heavy (non-hydrogen) atoms. The first-order valence-corrected chi connectivity index (χ1v) is 7.89. The maximum absolute atomic E-state index is 13.3. The molecule has 0 radical (unpaired) electrons. The van der Waals surface area contributed by atoms with Crippen molar-refractivity contribution in [2.24, 2.45) is 0 Å². The van der Waals surface area contributed by atoms with Crippen LogP contribution in [0.1, 0.15) is 5.56 Å². The number of pyridine rings is 1. The highest BCUT2D eigenvalue weighted by Crippen LogP contribution is 2.38. The monoisotopic (exact) mass is 362 g/mol. The van der Waals surface area contributed by atoms with Gasteiger partial charge in [0.15, 0.2) is 0 Å². The van der Waals surface area contributed by atoms with E-state index in [4.69, 9.17) is 5.73 Å². The molecule has 0 unspecified atom stereocenters. The van der Waals surface area contributed by atoms with E-state index in [1.807, 2.05) is 5.38 Å². The first-order chi connectivity index (χ1) is 11.9. The highest BCUT2D eigenvalue weighted by atomic mass is 32.1. The molecule has 3 N–H and O–H groups in total. The van der Waals surface area contributed by atoms with E-state index in [1.165, 1.54) is 17.5 Å². The summed E-state index contributed by atoms with van der Waals surface area (Å²) in [4.78, 5) is 18.7. The molecule has 10 heteroatoms. The summed E-state index contributed by atoms with van der Waals surface area (Å²) in [5.41, 5.74) is 5.58. The first kappa shape index (κ1) is 15.5. The number of hydrogen-bond donors (Lipinski definition) is 2. The van der Waals surface area contributed by atoms with E-state index in [-0.39, 0.29) is 17.2 Å². The Labute approximate surface area is 142 Å². The number of aromatic nitrogens is 5. The van der Waals surface area contributed by atoms with Crippen LogP contribution in [0.5, 0.6) is 0 Å². The molecule has 126 valence electrons. The molecule has 0 aliphatic heterocycles. The fourth-order valence-electron chi connectivity index (χ4n) is 2.48. The quantitative estimate of drug-likeness (QED) is 0.566. The van der Waals surface area contributed by atoms with Crippen LogP contribution < -0.4 is 5.73 Å². The van der Waals surface area contributed by atoms with Gasteiger partial charge in [-0.3, -0.25) is 0 Å². The summed E-state index contributed by atoms with van der Waals surface area (Å²) in [6.07, 6.45) is -0.819. The molecule has 0 aromatic carbocycles. The molecular weight excluding hydrogens is 353 g/mol. The molecule has 0 spiro atoms. The van der Waals surface area contributed by atoms with Crippen molar-refractivity contribution in [2.75, 3.05) is 5.73 Å². The van der Waals surface area contributed by atoms with E-state index < -0.39 is 11.7 Å². The van der Waals surface area contributed by atoms with Crippen LogP contribution in [0.3, 0.4) is 0 Å². The smallest absolute Gasteiger partial charge is 0.368 e. The number of nitrogens with zero attached hydrogens (tertiary/aromatic N) is 4. The zero-order valence-electron chi connectivity index (χ0n) is 12.4. The lowest BCUT2D eigenvalue weighted by molar-refractivity contribution is -0.137. The van der Waals surface area contributed by atoms with Crippen molar-refractivity contribution in [2.45, 2.75) is 6.18 Å². The molecule has 4 aromatic heterocycles. The first-order valence-electron chi connectivity index (χ1n) is 7.01. The van der Waals surface area contributed by atoms with Crippen LogP contribution in [-0.2, 0) is 6.18 Å². The van der Waals surface area contributed by atoms with Crippen molar-refractivity contribution in [1.29, 1.82) is 0 Å². The van der Waals surface area contributed by atoms with Crippen LogP contribution >= 0.6 is 11.3 Å². The number of hydrogen-bond acceptors (Lipinski definition) is 6. The molecule has 6 nitrogen and oxygen atoms in total. The third kappa shape index (κ3) is 2.70. The number of alkyl halides is 3. The van der Waals surface area contributed by atoms with Gasteiger partial charge in [-0.15, -0.1) is 11.3 Å². The maximum atomic E-state index is 13.3. The Morgan fingerprint density at radius 3 is 2.68 bits per heavy atom. The van der Waals surface area contributed by atoms with Gasteiger partial charge in [0.05, 0.1) is 5.69 Å². The topological polar surface area (TPSA) is 93.4 Å². The van der Waals surface area contributed by atoms with E-state index in [2.05, 4.69) is 24.9 Å². The van der Waals surface area contributed by atoms with E-state index in [9.17, 15) is 13.2 Å². The normalized spacial score (nSPS) is 12.0. The van der Waals surface area contributed by atoms with Crippen molar-refractivity contribution < 1.29 is 13.2 Å². The van der Waals surface area contributed by atoms with Crippen LogP contribution in [0.15, 0.2) is 36.1 Å². The second-order valence-corrected chi connectivity index (χ2v) is 6.02. The molecule has 4 rings (SSSR count). The Kier molecular flexibility index (Phi) is 3.42.